The molecule has 1 heterocycles. The lowest BCUT2D eigenvalue weighted by Crippen LogP contribution is -2.22. The van der Waals surface area contributed by atoms with Crippen molar-refractivity contribution in [1.29, 1.82) is 0 Å². The zero-order chi connectivity index (χ0) is 16.9. The predicted molar refractivity (Wildman–Crippen MR) is 99.4 cm³/mol. The maximum atomic E-state index is 12.4. The fourth-order valence-corrected chi connectivity index (χ4v) is 3.17. The Morgan fingerprint density at radius 3 is 2.58 bits per heavy atom. The predicted octanol–water partition coefficient (Wildman–Crippen LogP) is 4.15. The molecule has 122 valence electrons. The first-order valence-corrected chi connectivity index (χ1v) is 8.99. The maximum Gasteiger partial charge on any atom is 0.237 e. The molecule has 0 spiro atoms. The molecule has 1 amide bonds. The second-order valence-corrected chi connectivity index (χ2v) is 7.30. The fourth-order valence-electron chi connectivity index (χ4n) is 2.06. The Labute approximate surface area is 152 Å². The van der Waals surface area contributed by atoms with E-state index in [1.807, 2.05) is 66.1 Å². The number of aromatic nitrogens is 3. The number of thioether (sulfide) groups is 1. The Morgan fingerprint density at radius 1 is 1.17 bits per heavy atom. The van der Waals surface area contributed by atoms with Gasteiger partial charge in [-0.3, -0.25) is 9.36 Å². The number of anilines is 1. The first-order valence-electron chi connectivity index (χ1n) is 7.32. The summed E-state index contributed by atoms with van der Waals surface area (Å²) in [6.45, 7) is 1.85. The standard InChI is InChI=1S/C17H15BrN4OS/c1-12(16(23)20-14-9-7-13(18)8-10-14)24-17-21-19-11-22(17)15-5-3-2-4-6-15/h2-12H,1H3,(H,20,23). The first kappa shape index (κ1) is 16.7. The Bertz CT molecular complexity index is 820. The number of carbonyl (C=O) groups excluding carboxylic acids is 1. The number of rotatable bonds is 5. The summed E-state index contributed by atoms with van der Waals surface area (Å²) in [5.41, 5.74) is 1.73. The number of benzene rings is 2. The maximum absolute atomic E-state index is 12.4. The van der Waals surface area contributed by atoms with Crippen LogP contribution in [0.1, 0.15) is 6.92 Å². The van der Waals surface area contributed by atoms with Crippen LogP contribution in [0.25, 0.3) is 5.69 Å². The highest BCUT2D eigenvalue weighted by molar-refractivity contribution is 9.10. The molecule has 5 nitrogen and oxygen atoms in total. The summed E-state index contributed by atoms with van der Waals surface area (Å²) < 4.78 is 2.84. The van der Waals surface area contributed by atoms with Crippen LogP contribution in [0.3, 0.4) is 0 Å². The molecule has 3 rings (SSSR count). The molecular formula is C17H15BrN4OS. The highest BCUT2D eigenvalue weighted by atomic mass is 79.9. The third kappa shape index (κ3) is 4.04. The van der Waals surface area contributed by atoms with Crippen LogP contribution in [0.15, 0.2) is 70.6 Å². The van der Waals surface area contributed by atoms with E-state index in [0.717, 1.165) is 15.8 Å². The minimum Gasteiger partial charge on any atom is -0.325 e. The average molecular weight is 403 g/mol. The van der Waals surface area contributed by atoms with Crippen molar-refractivity contribution in [2.45, 2.75) is 17.3 Å². The Morgan fingerprint density at radius 2 is 1.88 bits per heavy atom. The second kappa shape index (κ2) is 7.63. The van der Waals surface area contributed by atoms with E-state index in [1.54, 1.807) is 6.33 Å². The molecule has 0 saturated carbocycles. The summed E-state index contributed by atoms with van der Waals surface area (Å²) in [4.78, 5) is 12.4. The summed E-state index contributed by atoms with van der Waals surface area (Å²) in [7, 11) is 0. The molecule has 24 heavy (non-hydrogen) atoms. The van der Waals surface area contributed by atoms with Crippen LogP contribution < -0.4 is 5.32 Å². The number of para-hydroxylation sites is 1. The Kier molecular flexibility index (Phi) is 5.32. The van der Waals surface area contributed by atoms with Gasteiger partial charge in [0.05, 0.1) is 5.25 Å². The van der Waals surface area contributed by atoms with Crippen LogP contribution in [0.2, 0.25) is 0 Å². The Hall–Kier alpha value is -2.12. The van der Waals surface area contributed by atoms with Gasteiger partial charge < -0.3 is 5.32 Å². The van der Waals surface area contributed by atoms with Crippen LogP contribution in [0.4, 0.5) is 5.69 Å². The number of halogens is 1. The highest BCUT2D eigenvalue weighted by Gasteiger charge is 2.18. The molecule has 0 radical (unpaired) electrons. The van der Waals surface area contributed by atoms with E-state index in [2.05, 4.69) is 31.4 Å². The summed E-state index contributed by atoms with van der Waals surface area (Å²) in [5.74, 6) is -0.0788. The molecule has 1 unspecified atom stereocenters. The quantitative estimate of drug-likeness (QED) is 0.651. The molecule has 1 atom stereocenters. The van der Waals surface area contributed by atoms with Gasteiger partial charge in [0.2, 0.25) is 5.91 Å². The number of hydrogen-bond donors (Lipinski definition) is 1. The largest absolute Gasteiger partial charge is 0.325 e. The van der Waals surface area contributed by atoms with Crippen molar-refractivity contribution in [2.75, 3.05) is 5.32 Å². The van der Waals surface area contributed by atoms with Gasteiger partial charge in [-0.15, -0.1) is 10.2 Å². The molecule has 0 aliphatic carbocycles. The van der Waals surface area contributed by atoms with Crippen molar-refractivity contribution in [2.24, 2.45) is 0 Å². The van der Waals surface area contributed by atoms with E-state index in [9.17, 15) is 4.79 Å². The van der Waals surface area contributed by atoms with Crippen LogP contribution in [-0.4, -0.2) is 25.9 Å². The summed E-state index contributed by atoms with van der Waals surface area (Å²) >= 11 is 4.75. The SMILES string of the molecule is CC(Sc1nncn1-c1ccccc1)C(=O)Nc1ccc(Br)cc1. The minimum absolute atomic E-state index is 0.0788. The van der Waals surface area contributed by atoms with Crippen molar-refractivity contribution >= 4 is 39.3 Å². The molecule has 0 fully saturated rings. The normalized spacial score (nSPS) is 11.9. The lowest BCUT2D eigenvalue weighted by molar-refractivity contribution is -0.115. The number of carbonyl (C=O) groups is 1. The molecule has 2 aromatic carbocycles. The third-order valence-electron chi connectivity index (χ3n) is 3.31. The number of hydrogen-bond acceptors (Lipinski definition) is 4. The molecule has 7 heteroatoms. The van der Waals surface area contributed by atoms with Crippen molar-refractivity contribution in [1.82, 2.24) is 14.8 Å². The van der Waals surface area contributed by atoms with Crippen LogP contribution >= 0.6 is 27.7 Å². The van der Waals surface area contributed by atoms with E-state index >= 15 is 0 Å². The fraction of sp³-hybridized carbons (Fsp3) is 0.118. The highest BCUT2D eigenvalue weighted by Crippen LogP contribution is 2.25. The van der Waals surface area contributed by atoms with Gasteiger partial charge >= 0.3 is 0 Å². The van der Waals surface area contributed by atoms with Gasteiger partial charge in [-0.2, -0.15) is 0 Å². The van der Waals surface area contributed by atoms with Gasteiger partial charge in [-0.1, -0.05) is 45.9 Å². The monoisotopic (exact) mass is 402 g/mol. The summed E-state index contributed by atoms with van der Waals surface area (Å²) in [6.07, 6.45) is 1.65. The number of amides is 1. The van der Waals surface area contributed by atoms with E-state index in [1.165, 1.54) is 11.8 Å². The molecule has 0 bridgehead atoms. The van der Waals surface area contributed by atoms with Crippen LogP contribution in [0.5, 0.6) is 0 Å². The van der Waals surface area contributed by atoms with Crippen LogP contribution in [-0.2, 0) is 4.79 Å². The lowest BCUT2D eigenvalue weighted by atomic mass is 10.3. The molecular weight excluding hydrogens is 388 g/mol. The Balaban J connectivity index is 1.69. The zero-order valence-corrected chi connectivity index (χ0v) is 15.3. The molecule has 0 aliphatic heterocycles. The van der Waals surface area contributed by atoms with Crippen LogP contribution in [0, 0.1) is 0 Å². The van der Waals surface area contributed by atoms with Gasteiger partial charge in [0, 0.05) is 15.8 Å². The van der Waals surface area contributed by atoms with Crippen molar-refractivity contribution in [3.63, 3.8) is 0 Å². The van der Waals surface area contributed by atoms with Crippen molar-refractivity contribution in [3.05, 3.63) is 65.4 Å². The molecule has 0 saturated heterocycles. The summed E-state index contributed by atoms with van der Waals surface area (Å²) in [6, 6.07) is 17.3. The van der Waals surface area contributed by atoms with E-state index < -0.39 is 0 Å². The molecule has 1 aromatic heterocycles. The van der Waals surface area contributed by atoms with Gasteiger partial charge in [-0.05, 0) is 43.3 Å². The molecule has 1 N–H and O–H groups in total. The van der Waals surface area contributed by atoms with Gasteiger partial charge in [0.1, 0.15) is 6.33 Å². The topological polar surface area (TPSA) is 59.8 Å². The zero-order valence-electron chi connectivity index (χ0n) is 12.9. The van der Waals surface area contributed by atoms with Crippen molar-refractivity contribution in [3.8, 4) is 5.69 Å². The molecule has 0 aliphatic rings. The van der Waals surface area contributed by atoms with E-state index in [-0.39, 0.29) is 11.2 Å². The minimum atomic E-state index is -0.305. The van der Waals surface area contributed by atoms with E-state index in [4.69, 9.17) is 0 Å². The smallest absolute Gasteiger partial charge is 0.237 e. The second-order valence-electron chi connectivity index (χ2n) is 5.08. The average Bonchev–Trinajstić information content (AvgIpc) is 3.05. The summed E-state index contributed by atoms with van der Waals surface area (Å²) in [5, 5.41) is 11.4. The first-order chi connectivity index (χ1) is 11.6. The van der Waals surface area contributed by atoms with Gasteiger partial charge in [0.25, 0.3) is 0 Å². The lowest BCUT2D eigenvalue weighted by Gasteiger charge is -2.12. The van der Waals surface area contributed by atoms with Gasteiger partial charge in [0.15, 0.2) is 5.16 Å². The number of nitrogens with zero attached hydrogens (tertiary/aromatic N) is 3. The molecule has 3 aromatic rings. The van der Waals surface area contributed by atoms with E-state index in [0.29, 0.717) is 5.16 Å². The van der Waals surface area contributed by atoms with Gasteiger partial charge in [-0.25, -0.2) is 0 Å². The third-order valence-corrected chi connectivity index (χ3v) is 4.90. The van der Waals surface area contributed by atoms with Crippen molar-refractivity contribution < 1.29 is 4.79 Å². The number of nitrogens with one attached hydrogen (secondary N) is 1.